The van der Waals surface area contributed by atoms with E-state index in [9.17, 15) is 0 Å². The van der Waals surface area contributed by atoms with E-state index in [0.29, 0.717) is 0 Å². The van der Waals surface area contributed by atoms with Gasteiger partial charge in [0.25, 0.3) is 0 Å². The molecule has 0 unspecified atom stereocenters. The lowest BCUT2D eigenvalue weighted by Gasteiger charge is -2.15. The third-order valence-electron chi connectivity index (χ3n) is 1.54. The van der Waals surface area contributed by atoms with Crippen LogP contribution in [0.25, 0.3) is 0 Å². The van der Waals surface area contributed by atoms with Crippen molar-refractivity contribution in [2.75, 3.05) is 30.5 Å². The zero-order valence-corrected chi connectivity index (χ0v) is 9.77. The maximum Gasteiger partial charge on any atom is 0.394 e. The van der Waals surface area contributed by atoms with Gasteiger partial charge in [-0.1, -0.05) is 0 Å². The summed E-state index contributed by atoms with van der Waals surface area (Å²) in [7, 11) is -0.795. The van der Waals surface area contributed by atoms with Crippen LogP contribution < -0.4 is 16.4 Å². The van der Waals surface area contributed by atoms with E-state index in [1.807, 2.05) is 31.1 Å². The molecule has 1 aromatic carbocycles. The molecule has 16 heavy (non-hydrogen) atoms. The minimum absolute atomic E-state index is 0.739. The molecule has 0 fully saturated rings. The number of nitrogens with zero attached hydrogens (tertiary/aromatic N) is 1. The Morgan fingerprint density at radius 1 is 1.19 bits per heavy atom. The Labute approximate surface area is 94.2 Å². The summed E-state index contributed by atoms with van der Waals surface area (Å²) >= 11 is 0. The predicted molar refractivity (Wildman–Crippen MR) is 63.8 cm³/mol. The molecule has 0 bridgehead atoms. The quantitative estimate of drug-likeness (QED) is 0.415. The Morgan fingerprint density at radius 3 is 1.94 bits per heavy atom. The lowest BCUT2D eigenvalue weighted by molar-refractivity contribution is 0.381. The van der Waals surface area contributed by atoms with E-state index in [2.05, 4.69) is 0 Å². The topological polar surface area (TPSA) is 130 Å². The summed E-state index contributed by atoms with van der Waals surface area (Å²) in [6.45, 7) is 0. The molecule has 0 radical (unpaired) electrons. The van der Waals surface area contributed by atoms with Gasteiger partial charge in [-0.05, 0) is 18.2 Å². The molecule has 0 aliphatic rings. The first kappa shape index (κ1) is 14.5. The van der Waals surface area contributed by atoms with Crippen LogP contribution in [0.3, 0.4) is 0 Å². The van der Waals surface area contributed by atoms with Crippen LogP contribution in [0, 0.1) is 0 Å². The fourth-order valence-corrected chi connectivity index (χ4v) is 0.948. The van der Waals surface area contributed by atoms with E-state index >= 15 is 0 Å². The maximum atomic E-state index is 8.74. The Bertz CT molecular complexity index is 437. The van der Waals surface area contributed by atoms with Gasteiger partial charge in [0.2, 0.25) is 0 Å². The number of benzene rings is 1. The second-order valence-corrected chi connectivity index (χ2v) is 4.06. The number of anilines is 3. The normalized spacial score (nSPS) is 10.2. The Morgan fingerprint density at radius 2 is 1.62 bits per heavy atom. The summed E-state index contributed by atoms with van der Waals surface area (Å²) in [5.74, 6) is 0. The summed E-state index contributed by atoms with van der Waals surface area (Å²) in [4.78, 5) is 1.94. The van der Waals surface area contributed by atoms with Crippen LogP contribution in [0.5, 0.6) is 0 Å². The summed E-state index contributed by atoms with van der Waals surface area (Å²) in [6.07, 6.45) is 0. The van der Waals surface area contributed by atoms with E-state index in [1.165, 1.54) is 0 Å². The van der Waals surface area contributed by atoms with Crippen LogP contribution in [0.15, 0.2) is 18.2 Å². The van der Waals surface area contributed by atoms with Gasteiger partial charge in [-0.2, -0.15) is 8.42 Å². The van der Waals surface area contributed by atoms with E-state index in [-0.39, 0.29) is 0 Å². The molecule has 0 atom stereocenters. The van der Waals surface area contributed by atoms with Crippen LogP contribution in [0.1, 0.15) is 0 Å². The van der Waals surface area contributed by atoms with Crippen molar-refractivity contribution in [3.63, 3.8) is 0 Å². The molecule has 6 N–H and O–H groups in total. The van der Waals surface area contributed by atoms with Crippen molar-refractivity contribution in [3.8, 4) is 0 Å². The molecular formula is C8H15N3O4S. The molecule has 0 spiro atoms. The van der Waals surface area contributed by atoms with Gasteiger partial charge in [-0.15, -0.1) is 0 Å². The molecule has 0 aliphatic heterocycles. The standard InChI is InChI=1S/C8H13N3.H2O4S/c1-11(2)8-5-6(9)3-4-7(8)10;1-5(2,3)4/h3-5H,9-10H2,1-2H3;(H2,1,2,3,4). The number of nitrogen functional groups attached to an aromatic ring is 2. The lowest BCUT2D eigenvalue weighted by atomic mass is 10.2. The molecule has 0 saturated heterocycles. The average molecular weight is 249 g/mol. The zero-order chi connectivity index (χ0) is 12.9. The summed E-state index contributed by atoms with van der Waals surface area (Å²) in [6, 6.07) is 5.46. The lowest BCUT2D eigenvalue weighted by Crippen LogP contribution is -2.11. The van der Waals surface area contributed by atoms with Gasteiger partial charge in [0.15, 0.2) is 0 Å². The maximum absolute atomic E-state index is 8.74. The first-order valence-corrected chi connectivity index (χ1v) is 5.53. The van der Waals surface area contributed by atoms with Crippen LogP contribution >= 0.6 is 0 Å². The van der Waals surface area contributed by atoms with Crippen LogP contribution in [-0.4, -0.2) is 31.6 Å². The van der Waals surface area contributed by atoms with Crippen molar-refractivity contribution >= 4 is 27.5 Å². The molecule has 0 saturated carbocycles. The van der Waals surface area contributed by atoms with Gasteiger partial charge in [-0.25, -0.2) is 0 Å². The highest BCUT2D eigenvalue weighted by Gasteiger charge is 1.99. The van der Waals surface area contributed by atoms with Crippen molar-refractivity contribution in [1.29, 1.82) is 0 Å². The smallest absolute Gasteiger partial charge is 0.394 e. The molecule has 1 rings (SSSR count). The highest BCUT2D eigenvalue weighted by Crippen LogP contribution is 2.23. The largest absolute Gasteiger partial charge is 0.399 e. The fraction of sp³-hybridized carbons (Fsp3) is 0.250. The molecule has 0 amide bonds. The molecule has 92 valence electrons. The average Bonchev–Trinajstić information content (AvgIpc) is 2.06. The van der Waals surface area contributed by atoms with E-state index in [1.54, 1.807) is 6.07 Å². The molecule has 1 aromatic rings. The number of rotatable bonds is 1. The minimum atomic E-state index is -4.67. The molecule has 0 aliphatic carbocycles. The number of hydrogen-bond donors (Lipinski definition) is 4. The fourth-order valence-electron chi connectivity index (χ4n) is 0.948. The Kier molecular flexibility index (Phi) is 5.02. The predicted octanol–water partition coefficient (Wildman–Crippen LogP) is 0.264. The van der Waals surface area contributed by atoms with Crippen LogP contribution in [0.2, 0.25) is 0 Å². The minimum Gasteiger partial charge on any atom is -0.399 e. The molecule has 0 aromatic heterocycles. The second kappa shape index (κ2) is 5.54. The second-order valence-electron chi connectivity index (χ2n) is 3.16. The molecule has 0 heterocycles. The van der Waals surface area contributed by atoms with E-state index < -0.39 is 10.4 Å². The van der Waals surface area contributed by atoms with Gasteiger partial charge < -0.3 is 16.4 Å². The van der Waals surface area contributed by atoms with Crippen molar-refractivity contribution in [3.05, 3.63) is 18.2 Å². The van der Waals surface area contributed by atoms with Crippen LogP contribution in [0.4, 0.5) is 17.1 Å². The van der Waals surface area contributed by atoms with Crippen molar-refractivity contribution in [1.82, 2.24) is 0 Å². The molecule has 7 nitrogen and oxygen atoms in total. The highest BCUT2D eigenvalue weighted by molar-refractivity contribution is 7.79. The summed E-state index contributed by atoms with van der Waals surface area (Å²) in [5, 5.41) is 0. The third kappa shape index (κ3) is 6.87. The number of nitrogens with two attached hydrogens (primary N) is 2. The SMILES string of the molecule is CN(C)c1cc(N)ccc1N.O=S(=O)(O)O. The van der Waals surface area contributed by atoms with Gasteiger partial charge in [0, 0.05) is 19.8 Å². The summed E-state index contributed by atoms with van der Waals surface area (Å²) in [5.41, 5.74) is 13.7. The Hall–Kier alpha value is -1.51. The monoisotopic (exact) mass is 249 g/mol. The van der Waals surface area contributed by atoms with Crippen LogP contribution in [-0.2, 0) is 10.4 Å². The van der Waals surface area contributed by atoms with Crippen molar-refractivity contribution < 1.29 is 17.5 Å². The van der Waals surface area contributed by atoms with Crippen molar-refractivity contribution in [2.45, 2.75) is 0 Å². The Balaban J connectivity index is 0.000000385. The van der Waals surface area contributed by atoms with Gasteiger partial charge >= 0.3 is 10.4 Å². The van der Waals surface area contributed by atoms with Crippen molar-refractivity contribution in [2.24, 2.45) is 0 Å². The van der Waals surface area contributed by atoms with E-state index in [0.717, 1.165) is 17.1 Å². The molecular weight excluding hydrogens is 234 g/mol. The third-order valence-corrected chi connectivity index (χ3v) is 1.54. The molecule has 8 heteroatoms. The highest BCUT2D eigenvalue weighted by atomic mass is 32.3. The zero-order valence-electron chi connectivity index (χ0n) is 8.95. The van der Waals surface area contributed by atoms with E-state index in [4.69, 9.17) is 29.0 Å². The first-order chi connectivity index (χ1) is 7.11. The van der Waals surface area contributed by atoms with Gasteiger partial charge in [-0.3, -0.25) is 9.11 Å². The van der Waals surface area contributed by atoms with Gasteiger partial charge in [0.05, 0.1) is 11.4 Å². The van der Waals surface area contributed by atoms with Gasteiger partial charge in [0.1, 0.15) is 0 Å². The summed E-state index contributed by atoms with van der Waals surface area (Å²) < 4.78 is 31.6. The first-order valence-electron chi connectivity index (χ1n) is 4.13. The number of hydrogen-bond acceptors (Lipinski definition) is 5.